The van der Waals surface area contributed by atoms with Gasteiger partial charge in [-0.3, -0.25) is 14.8 Å². The second-order valence-electron chi connectivity index (χ2n) is 5.59. The van der Waals surface area contributed by atoms with Gasteiger partial charge in [-0.15, -0.1) is 0 Å². The summed E-state index contributed by atoms with van der Waals surface area (Å²) in [5, 5.41) is 2.88. The predicted octanol–water partition coefficient (Wildman–Crippen LogP) is 2.71. The lowest BCUT2D eigenvalue weighted by Gasteiger charge is -2.04. The molecule has 3 rings (SSSR count). The fraction of sp³-hybridized carbons (Fsp3) is 0.294. The Morgan fingerprint density at radius 1 is 1.30 bits per heavy atom. The van der Waals surface area contributed by atoms with E-state index in [-0.39, 0.29) is 11.8 Å². The van der Waals surface area contributed by atoms with Crippen LogP contribution in [-0.2, 0) is 6.42 Å². The zero-order valence-electron chi connectivity index (χ0n) is 13.1. The highest BCUT2D eigenvalue weighted by molar-refractivity contribution is 5.97. The zero-order chi connectivity index (χ0) is 16.2. The highest BCUT2D eigenvalue weighted by Crippen LogP contribution is 2.21. The lowest BCUT2D eigenvalue weighted by Crippen LogP contribution is -2.25. The lowest BCUT2D eigenvalue weighted by molar-refractivity contribution is 0.0954. The molecular weight excluding hydrogens is 292 g/mol. The summed E-state index contributed by atoms with van der Waals surface area (Å²) in [6, 6.07) is 5.28. The number of carbonyl (C=O) groups is 1. The van der Waals surface area contributed by atoms with Crippen molar-refractivity contribution in [2.45, 2.75) is 26.2 Å². The molecule has 0 saturated carbocycles. The number of rotatable bonds is 5. The van der Waals surface area contributed by atoms with Crippen LogP contribution in [0.25, 0.3) is 11.1 Å². The molecule has 0 saturated heterocycles. The minimum atomic E-state index is -0.134. The minimum Gasteiger partial charge on any atom is -0.440 e. The summed E-state index contributed by atoms with van der Waals surface area (Å²) in [6.07, 6.45) is 5.60. The maximum absolute atomic E-state index is 12.2. The van der Waals surface area contributed by atoms with Crippen molar-refractivity contribution in [3.63, 3.8) is 0 Å². The van der Waals surface area contributed by atoms with Crippen LogP contribution in [0, 0.1) is 0 Å². The summed E-state index contributed by atoms with van der Waals surface area (Å²) < 4.78 is 5.65. The Labute approximate surface area is 134 Å². The van der Waals surface area contributed by atoms with Crippen molar-refractivity contribution in [3.8, 4) is 0 Å². The van der Waals surface area contributed by atoms with Gasteiger partial charge in [0.25, 0.3) is 5.91 Å². The third-order valence-electron chi connectivity index (χ3n) is 3.44. The molecule has 3 aromatic rings. The number of hydrogen-bond donors (Lipinski definition) is 1. The maximum Gasteiger partial charge on any atom is 0.251 e. The van der Waals surface area contributed by atoms with E-state index in [9.17, 15) is 4.79 Å². The summed E-state index contributed by atoms with van der Waals surface area (Å²) in [5.74, 6) is 0.761. The number of nitrogens with zero attached hydrogens (tertiary/aromatic N) is 3. The molecule has 23 heavy (non-hydrogen) atoms. The monoisotopic (exact) mass is 310 g/mol. The van der Waals surface area contributed by atoms with Crippen LogP contribution in [-0.4, -0.2) is 27.4 Å². The Bertz CT molecular complexity index is 812. The first-order chi connectivity index (χ1) is 11.1. The average molecular weight is 310 g/mol. The molecule has 6 heteroatoms. The molecule has 0 radical (unpaired) electrons. The molecule has 0 aliphatic heterocycles. The van der Waals surface area contributed by atoms with E-state index in [4.69, 9.17) is 4.42 Å². The van der Waals surface area contributed by atoms with Crippen LogP contribution < -0.4 is 5.32 Å². The van der Waals surface area contributed by atoms with Crippen molar-refractivity contribution < 1.29 is 9.21 Å². The normalized spacial score (nSPS) is 11.1. The first-order valence-electron chi connectivity index (χ1n) is 7.57. The van der Waals surface area contributed by atoms with Gasteiger partial charge in [0, 0.05) is 43.0 Å². The van der Waals surface area contributed by atoms with Gasteiger partial charge in [-0.1, -0.05) is 13.8 Å². The minimum absolute atomic E-state index is 0.134. The molecule has 118 valence electrons. The number of oxazole rings is 1. The second-order valence-corrected chi connectivity index (χ2v) is 5.59. The standard InChI is InChI=1S/C17H18N4O2/c1-11(2)17-21-14-9-12(3-4-15(14)23-17)16(22)20-6-5-13-10-18-7-8-19-13/h3-4,7-11H,5-6H2,1-2H3,(H,20,22). The molecule has 0 spiro atoms. The molecule has 1 amide bonds. The largest absolute Gasteiger partial charge is 0.440 e. The average Bonchev–Trinajstić information content (AvgIpc) is 2.99. The van der Waals surface area contributed by atoms with Gasteiger partial charge >= 0.3 is 0 Å². The summed E-state index contributed by atoms with van der Waals surface area (Å²) in [7, 11) is 0. The predicted molar refractivity (Wildman–Crippen MR) is 86.2 cm³/mol. The second kappa shape index (κ2) is 6.56. The topological polar surface area (TPSA) is 80.9 Å². The van der Waals surface area contributed by atoms with Gasteiger partial charge in [0.05, 0.1) is 5.69 Å². The molecule has 2 heterocycles. The van der Waals surface area contributed by atoms with Crippen LogP contribution in [0.4, 0.5) is 0 Å². The highest BCUT2D eigenvalue weighted by Gasteiger charge is 2.12. The Morgan fingerprint density at radius 2 is 2.17 bits per heavy atom. The molecule has 0 aliphatic rings. The maximum atomic E-state index is 12.2. The van der Waals surface area contributed by atoms with E-state index in [1.807, 2.05) is 13.8 Å². The number of benzene rings is 1. The van der Waals surface area contributed by atoms with Crippen LogP contribution in [0.2, 0.25) is 0 Å². The molecule has 2 aromatic heterocycles. The molecule has 0 fully saturated rings. The number of nitrogens with one attached hydrogen (secondary N) is 1. The van der Waals surface area contributed by atoms with Gasteiger partial charge in [0.15, 0.2) is 11.5 Å². The molecule has 1 N–H and O–H groups in total. The molecule has 0 atom stereocenters. The van der Waals surface area contributed by atoms with Crippen molar-refractivity contribution in [1.29, 1.82) is 0 Å². The molecule has 6 nitrogen and oxygen atoms in total. The van der Waals surface area contributed by atoms with Gasteiger partial charge in [-0.05, 0) is 18.2 Å². The summed E-state index contributed by atoms with van der Waals surface area (Å²) in [4.78, 5) is 24.8. The van der Waals surface area contributed by atoms with Crippen molar-refractivity contribution in [2.24, 2.45) is 0 Å². The van der Waals surface area contributed by atoms with Crippen molar-refractivity contribution in [1.82, 2.24) is 20.3 Å². The highest BCUT2D eigenvalue weighted by atomic mass is 16.3. The van der Waals surface area contributed by atoms with Gasteiger partial charge < -0.3 is 9.73 Å². The third kappa shape index (κ3) is 3.53. The van der Waals surface area contributed by atoms with Gasteiger partial charge in [-0.2, -0.15) is 0 Å². The Hall–Kier alpha value is -2.76. The van der Waals surface area contributed by atoms with Crippen molar-refractivity contribution in [2.75, 3.05) is 6.54 Å². The number of fused-ring (bicyclic) bond motifs is 1. The number of hydrogen-bond acceptors (Lipinski definition) is 5. The van der Waals surface area contributed by atoms with Gasteiger partial charge in [0.2, 0.25) is 0 Å². The van der Waals surface area contributed by atoms with Crippen LogP contribution in [0.1, 0.15) is 41.7 Å². The van der Waals surface area contributed by atoms with Crippen LogP contribution in [0.3, 0.4) is 0 Å². The van der Waals surface area contributed by atoms with E-state index in [2.05, 4.69) is 20.3 Å². The third-order valence-corrected chi connectivity index (χ3v) is 3.44. The number of aromatic nitrogens is 3. The summed E-state index contributed by atoms with van der Waals surface area (Å²) in [6.45, 7) is 4.54. The fourth-order valence-electron chi connectivity index (χ4n) is 2.20. The molecule has 0 bridgehead atoms. The van der Waals surface area contributed by atoms with Crippen LogP contribution in [0.5, 0.6) is 0 Å². The number of amides is 1. The summed E-state index contributed by atoms with van der Waals surface area (Å²) in [5.41, 5.74) is 2.82. The van der Waals surface area contributed by atoms with Gasteiger partial charge in [0.1, 0.15) is 5.52 Å². The SMILES string of the molecule is CC(C)c1nc2cc(C(=O)NCCc3cnccn3)ccc2o1. The smallest absolute Gasteiger partial charge is 0.251 e. The Morgan fingerprint density at radius 3 is 2.91 bits per heavy atom. The first-order valence-corrected chi connectivity index (χ1v) is 7.57. The Kier molecular flexibility index (Phi) is 4.32. The van der Waals surface area contributed by atoms with Crippen LogP contribution >= 0.6 is 0 Å². The zero-order valence-corrected chi connectivity index (χ0v) is 13.1. The van der Waals surface area contributed by atoms with Crippen molar-refractivity contribution in [3.05, 3.63) is 53.9 Å². The van der Waals surface area contributed by atoms with Crippen LogP contribution in [0.15, 0.2) is 41.2 Å². The van der Waals surface area contributed by atoms with E-state index < -0.39 is 0 Å². The van der Waals surface area contributed by atoms with E-state index in [0.717, 1.165) is 5.69 Å². The molecular formula is C17H18N4O2. The van der Waals surface area contributed by atoms with Gasteiger partial charge in [-0.25, -0.2) is 4.98 Å². The first kappa shape index (κ1) is 15.1. The fourth-order valence-corrected chi connectivity index (χ4v) is 2.20. The Balaban J connectivity index is 1.66. The molecule has 0 unspecified atom stereocenters. The van der Waals surface area contributed by atoms with E-state index in [1.54, 1.807) is 36.8 Å². The lowest BCUT2D eigenvalue weighted by atomic mass is 10.2. The van der Waals surface area contributed by atoms with E-state index in [0.29, 0.717) is 35.5 Å². The quantitative estimate of drug-likeness (QED) is 0.783. The van der Waals surface area contributed by atoms with E-state index >= 15 is 0 Å². The van der Waals surface area contributed by atoms with E-state index in [1.165, 1.54) is 0 Å². The number of carbonyl (C=O) groups excluding carboxylic acids is 1. The summed E-state index contributed by atoms with van der Waals surface area (Å²) >= 11 is 0. The molecule has 1 aromatic carbocycles. The molecule has 0 aliphatic carbocycles. The van der Waals surface area contributed by atoms with Crippen molar-refractivity contribution >= 4 is 17.0 Å².